The van der Waals surface area contributed by atoms with Crippen molar-refractivity contribution in [2.75, 3.05) is 6.61 Å². The first-order valence-corrected chi connectivity index (χ1v) is 17.8. The largest absolute Gasteiger partial charge is 0.488 e. The topological polar surface area (TPSA) is 26.3 Å². The van der Waals surface area contributed by atoms with E-state index in [2.05, 4.69) is 61.5 Å². The predicted molar refractivity (Wildman–Crippen MR) is 184 cm³/mol. The zero-order valence-electron chi connectivity index (χ0n) is 24.4. The maximum Gasteiger partial charge on any atom is 0.234 e. The fraction of sp³-hybridized carbons (Fsp3) is 0.324. The van der Waals surface area contributed by atoms with Crippen molar-refractivity contribution < 1.29 is 4.74 Å². The Morgan fingerprint density at radius 3 is 2.02 bits per heavy atom. The van der Waals surface area contributed by atoms with Crippen LogP contribution in [0.3, 0.4) is 0 Å². The minimum Gasteiger partial charge on any atom is -0.488 e. The third-order valence-corrected chi connectivity index (χ3v) is 11.3. The molecule has 2 nitrogen and oxygen atoms in total. The van der Waals surface area contributed by atoms with E-state index in [1.807, 2.05) is 36.4 Å². The Balaban J connectivity index is 1.38. The van der Waals surface area contributed by atoms with E-state index in [4.69, 9.17) is 16.3 Å². The van der Waals surface area contributed by atoms with Crippen LogP contribution in [0.4, 0.5) is 0 Å². The molecule has 1 unspecified atom stereocenters. The highest BCUT2D eigenvalue weighted by atomic mass is 35.5. The zero-order chi connectivity index (χ0) is 29.1. The number of halogens is 1. The normalized spacial score (nSPS) is 11.8. The first-order chi connectivity index (χ1) is 20.7. The van der Waals surface area contributed by atoms with Crippen molar-refractivity contribution in [2.24, 2.45) is 0 Å². The molecule has 218 valence electrons. The number of hydrogen-bond acceptors (Lipinski definition) is 3. The number of hydrogen-bond donors (Lipinski definition) is 0. The fourth-order valence-electron chi connectivity index (χ4n) is 5.43. The van der Waals surface area contributed by atoms with E-state index < -0.39 is 10.5 Å². The van der Waals surface area contributed by atoms with Gasteiger partial charge < -0.3 is 4.74 Å². The third kappa shape index (κ3) is 7.58. The van der Waals surface area contributed by atoms with Crippen LogP contribution in [0.5, 0.6) is 5.75 Å². The maximum absolute atomic E-state index is 13.7. The van der Waals surface area contributed by atoms with Gasteiger partial charge in [-0.3, -0.25) is 4.79 Å². The van der Waals surface area contributed by atoms with Gasteiger partial charge in [-0.15, -0.1) is 0 Å². The molecule has 5 aromatic rings. The van der Waals surface area contributed by atoms with Crippen molar-refractivity contribution >= 4 is 54.0 Å². The average molecular weight is 616 g/mol. The first-order valence-electron chi connectivity index (χ1n) is 15.3. The molecular formula is C37H40ClO2S2+. The molecule has 1 heterocycles. The van der Waals surface area contributed by atoms with Crippen LogP contribution < -0.4 is 10.2 Å². The van der Waals surface area contributed by atoms with Crippen LogP contribution in [-0.2, 0) is 0 Å². The Labute approximate surface area is 262 Å². The van der Waals surface area contributed by atoms with Crippen LogP contribution in [0, 0.1) is 0 Å². The zero-order valence-corrected chi connectivity index (χ0v) is 26.8. The molecule has 0 radical (unpaired) electrons. The molecule has 5 heteroatoms. The second kappa shape index (κ2) is 15.6. The highest BCUT2D eigenvalue weighted by molar-refractivity contribution is 7.99. The van der Waals surface area contributed by atoms with Gasteiger partial charge >= 0.3 is 0 Å². The fourth-order valence-corrected chi connectivity index (χ4v) is 9.01. The van der Waals surface area contributed by atoms with Gasteiger partial charge in [0.1, 0.15) is 5.39 Å². The monoisotopic (exact) mass is 615 g/mol. The van der Waals surface area contributed by atoms with Gasteiger partial charge in [-0.1, -0.05) is 118 Å². The van der Waals surface area contributed by atoms with Crippen LogP contribution in [0.15, 0.2) is 106 Å². The highest BCUT2D eigenvalue weighted by Gasteiger charge is 2.28. The van der Waals surface area contributed by atoms with Gasteiger partial charge in [0.05, 0.1) is 17.0 Å². The van der Waals surface area contributed by atoms with E-state index >= 15 is 0 Å². The number of unbranched alkanes of at least 4 members (excludes halogenated alkanes) is 9. The van der Waals surface area contributed by atoms with Crippen molar-refractivity contribution in [1.29, 1.82) is 0 Å². The SMILES string of the molecule is CCCCCCCCCCCCOc1ccc(Cl)c2c(=O)c3ccccc3[s+](-c3ccc(Sc4ccccc4)cc3)c12. The third-order valence-electron chi connectivity index (χ3n) is 7.65. The van der Waals surface area contributed by atoms with Crippen molar-refractivity contribution in [3.05, 3.63) is 106 Å². The van der Waals surface area contributed by atoms with Gasteiger partial charge in [0, 0.05) is 20.3 Å². The Bertz CT molecular complexity index is 1640. The quantitative estimate of drug-likeness (QED) is 0.0665. The molecule has 0 fully saturated rings. The lowest BCUT2D eigenvalue weighted by atomic mass is 10.1. The second-order valence-corrected chi connectivity index (χ2v) is 14.3. The maximum atomic E-state index is 13.7. The van der Waals surface area contributed by atoms with Crippen molar-refractivity contribution in [3.63, 3.8) is 0 Å². The number of fused-ring (bicyclic) bond motifs is 2. The Morgan fingerprint density at radius 2 is 1.31 bits per heavy atom. The number of benzene rings is 4. The predicted octanol–water partition coefficient (Wildman–Crippen LogP) is 12.2. The summed E-state index contributed by atoms with van der Waals surface area (Å²) in [4.78, 5) is 17.3. The summed E-state index contributed by atoms with van der Waals surface area (Å²) in [6.07, 6.45) is 12.8. The van der Waals surface area contributed by atoms with Crippen LogP contribution in [-0.4, -0.2) is 6.61 Å². The van der Waals surface area contributed by atoms with E-state index in [0.717, 1.165) is 31.9 Å². The summed E-state index contributed by atoms with van der Waals surface area (Å²) in [5.74, 6) is 0.777. The molecule has 0 aliphatic heterocycles. The van der Waals surface area contributed by atoms with Crippen LogP contribution in [0.25, 0.3) is 25.1 Å². The summed E-state index contributed by atoms with van der Waals surface area (Å²) in [5, 5.41) is 1.80. The molecule has 0 aliphatic carbocycles. The van der Waals surface area contributed by atoms with Gasteiger partial charge in [-0.2, -0.15) is 0 Å². The van der Waals surface area contributed by atoms with Gasteiger partial charge in [-0.25, -0.2) is 0 Å². The van der Waals surface area contributed by atoms with Crippen LogP contribution >= 0.6 is 33.8 Å². The molecular weight excluding hydrogens is 576 g/mol. The average Bonchev–Trinajstić information content (AvgIpc) is 3.02. The Hall–Kier alpha value is -2.79. The van der Waals surface area contributed by atoms with E-state index in [9.17, 15) is 4.79 Å². The molecule has 0 saturated heterocycles. The molecule has 1 aromatic heterocycles. The molecule has 42 heavy (non-hydrogen) atoms. The lowest BCUT2D eigenvalue weighted by Gasteiger charge is -2.11. The Morgan fingerprint density at radius 1 is 0.690 bits per heavy atom. The highest BCUT2D eigenvalue weighted by Crippen LogP contribution is 2.48. The minimum atomic E-state index is -0.510. The second-order valence-electron chi connectivity index (χ2n) is 10.8. The van der Waals surface area contributed by atoms with E-state index in [1.54, 1.807) is 11.8 Å². The summed E-state index contributed by atoms with van der Waals surface area (Å²) in [6.45, 7) is 2.91. The molecule has 0 bridgehead atoms. The van der Waals surface area contributed by atoms with E-state index in [0.29, 0.717) is 17.0 Å². The molecule has 0 N–H and O–H groups in total. The van der Waals surface area contributed by atoms with Gasteiger partial charge in [-0.05, 0) is 67.1 Å². The minimum absolute atomic E-state index is 0.0185. The number of rotatable bonds is 15. The molecule has 5 rings (SSSR count). The lowest BCUT2D eigenvalue weighted by Crippen LogP contribution is -2.05. The summed E-state index contributed by atoms with van der Waals surface area (Å²) in [6, 6.07) is 30.9. The van der Waals surface area contributed by atoms with E-state index in [-0.39, 0.29) is 5.43 Å². The number of ether oxygens (including phenoxy) is 1. The summed E-state index contributed by atoms with van der Waals surface area (Å²) in [5.41, 5.74) is -0.0185. The molecule has 0 aliphatic rings. The molecule has 4 aromatic carbocycles. The van der Waals surface area contributed by atoms with Crippen LogP contribution in [0.1, 0.15) is 71.1 Å². The Kier molecular flexibility index (Phi) is 11.4. The van der Waals surface area contributed by atoms with Gasteiger partial charge in [0.2, 0.25) is 10.1 Å². The summed E-state index contributed by atoms with van der Waals surface area (Å²) >= 11 is 8.49. The lowest BCUT2D eigenvalue weighted by molar-refractivity contribution is 0.308. The summed E-state index contributed by atoms with van der Waals surface area (Å²) < 4.78 is 8.39. The van der Waals surface area contributed by atoms with Crippen molar-refractivity contribution in [3.8, 4) is 10.6 Å². The van der Waals surface area contributed by atoms with Gasteiger partial charge in [0.15, 0.2) is 15.3 Å². The van der Waals surface area contributed by atoms with Gasteiger partial charge in [0.25, 0.3) is 0 Å². The molecule has 1 atom stereocenters. The molecule has 0 spiro atoms. The molecule has 0 saturated carbocycles. The smallest absolute Gasteiger partial charge is 0.234 e. The first kappa shape index (κ1) is 30.7. The van der Waals surface area contributed by atoms with Crippen molar-refractivity contribution in [2.45, 2.75) is 80.9 Å². The van der Waals surface area contributed by atoms with Crippen molar-refractivity contribution in [1.82, 2.24) is 0 Å². The van der Waals surface area contributed by atoms with E-state index in [1.165, 1.54) is 67.6 Å². The van der Waals surface area contributed by atoms with Crippen LogP contribution in [0.2, 0.25) is 5.02 Å². The summed E-state index contributed by atoms with van der Waals surface area (Å²) in [7, 11) is -0.510. The molecule has 0 amide bonds. The standard InChI is InChI=1S/C37H40ClO2S2/c1-2-3-4-5-6-7-8-9-10-16-27-40-33-26-25-32(38)35-36(39)31-19-14-15-20-34(31)42(37(33)35)30-23-21-29(22-24-30)41-28-17-12-11-13-18-28/h11-15,17-26H,2-10,16,27H2,1H3/q+1.